The molecule has 0 N–H and O–H groups in total. The van der Waals surface area contributed by atoms with Gasteiger partial charge in [0.1, 0.15) is 17.0 Å². The van der Waals surface area contributed by atoms with E-state index in [1.807, 2.05) is 35.2 Å². The molecule has 0 amide bonds. The normalized spacial score (nSPS) is 12.7. The van der Waals surface area contributed by atoms with Crippen LogP contribution in [0.25, 0.3) is 44.2 Å². The van der Waals surface area contributed by atoms with Crippen LogP contribution in [0.4, 0.5) is 21.5 Å². The number of furan rings is 1. The van der Waals surface area contributed by atoms with Crippen LogP contribution in [0.2, 0.25) is 0 Å². The van der Waals surface area contributed by atoms with Gasteiger partial charge in [0, 0.05) is 27.7 Å². The zero-order valence-corrected chi connectivity index (χ0v) is 29.1. The fourth-order valence-corrected chi connectivity index (χ4v) is 8.52. The number of anilines is 3. The number of nitriles is 1. The summed E-state index contributed by atoms with van der Waals surface area (Å²) in [6.07, 6.45) is 0. The van der Waals surface area contributed by atoms with E-state index in [1.54, 1.807) is 12.1 Å². The second-order valence-electron chi connectivity index (χ2n) is 13.7. The smallest absolute Gasteiger partial charge is 0.148 e. The molecule has 3 nitrogen and oxygen atoms in total. The van der Waals surface area contributed by atoms with Gasteiger partial charge in [-0.25, -0.2) is 4.39 Å². The first-order chi connectivity index (χ1) is 26.6. The summed E-state index contributed by atoms with van der Waals surface area (Å²) < 4.78 is 22.4. The predicted molar refractivity (Wildman–Crippen MR) is 216 cm³/mol. The summed E-state index contributed by atoms with van der Waals surface area (Å²) in [6, 6.07) is 65.6. The zero-order valence-electron chi connectivity index (χ0n) is 29.1. The van der Waals surface area contributed by atoms with Crippen LogP contribution < -0.4 is 4.90 Å². The van der Waals surface area contributed by atoms with Crippen molar-refractivity contribution in [2.45, 2.75) is 5.41 Å². The van der Waals surface area contributed by atoms with Crippen molar-refractivity contribution in [3.63, 3.8) is 0 Å². The first-order valence-corrected chi connectivity index (χ1v) is 18.0. The Morgan fingerprint density at radius 3 is 1.78 bits per heavy atom. The van der Waals surface area contributed by atoms with Gasteiger partial charge < -0.3 is 9.32 Å². The van der Waals surface area contributed by atoms with Crippen LogP contribution >= 0.6 is 0 Å². The van der Waals surface area contributed by atoms with Gasteiger partial charge in [0.15, 0.2) is 0 Å². The fraction of sp³-hybridized carbons (Fsp3) is 0.0200. The van der Waals surface area contributed by atoms with E-state index < -0.39 is 11.2 Å². The molecule has 0 saturated heterocycles. The SMILES string of the molecule is N#Cc1ccc(N(c2ccc(-c3cccc4c3oc3ccccc34)cc2)c2ccc(C3(c4ccccc4)c4ccccc4-c4ccccc43)cc2)c(F)c1. The second kappa shape index (κ2) is 12.5. The molecule has 0 fully saturated rings. The lowest BCUT2D eigenvalue weighted by Crippen LogP contribution is -2.28. The van der Waals surface area contributed by atoms with Gasteiger partial charge in [0.25, 0.3) is 0 Å². The number of nitrogens with zero attached hydrogens (tertiary/aromatic N) is 2. The molecule has 1 heterocycles. The van der Waals surface area contributed by atoms with Crippen LogP contribution in [0.15, 0.2) is 192 Å². The third kappa shape index (κ3) is 4.72. The predicted octanol–water partition coefficient (Wildman–Crippen LogP) is 13.1. The number of hydrogen-bond acceptors (Lipinski definition) is 3. The van der Waals surface area contributed by atoms with Crippen molar-refractivity contribution < 1.29 is 8.81 Å². The molecule has 0 radical (unpaired) electrons. The summed E-state index contributed by atoms with van der Waals surface area (Å²) >= 11 is 0. The number of para-hydroxylation sites is 2. The minimum absolute atomic E-state index is 0.268. The van der Waals surface area contributed by atoms with E-state index in [0.29, 0.717) is 5.69 Å². The Balaban J connectivity index is 1.12. The number of fused-ring (bicyclic) bond motifs is 6. The van der Waals surface area contributed by atoms with Gasteiger partial charge in [-0.2, -0.15) is 5.26 Å². The Labute approximate surface area is 312 Å². The number of halogens is 1. The molecular formula is C50H31FN2O. The maximum Gasteiger partial charge on any atom is 0.148 e. The van der Waals surface area contributed by atoms with Crippen molar-refractivity contribution >= 4 is 39.0 Å². The van der Waals surface area contributed by atoms with E-state index in [2.05, 4.69) is 146 Å². The highest BCUT2D eigenvalue weighted by Gasteiger charge is 2.45. The average molecular weight is 695 g/mol. The van der Waals surface area contributed by atoms with E-state index in [0.717, 1.165) is 50.0 Å². The molecule has 0 unspecified atom stereocenters. The summed E-state index contributed by atoms with van der Waals surface area (Å²) in [5.41, 5.74) is 12.5. The van der Waals surface area contributed by atoms with Crippen LogP contribution in [0.1, 0.15) is 27.8 Å². The summed E-state index contributed by atoms with van der Waals surface area (Å²) in [7, 11) is 0. The standard InChI is InChI=1S/C50H31FN2O/c51-46-31-33(32-52)21-30-47(46)53(37-26-22-34(23-27-37)39-16-10-17-43-42-15-6-9-20-48(42)54-49(39)43)38-28-24-36(25-29-38)50(35-11-2-1-3-12-35)44-18-7-4-13-40(44)41-14-5-8-19-45(41)50/h1-31H. The highest BCUT2D eigenvalue weighted by atomic mass is 19.1. The lowest BCUT2D eigenvalue weighted by atomic mass is 9.68. The van der Waals surface area contributed by atoms with Gasteiger partial charge in [-0.15, -0.1) is 0 Å². The van der Waals surface area contributed by atoms with Crippen molar-refractivity contribution in [2.24, 2.45) is 0 Å². The van der Waals surface area contributed by atoms with Crippen LogP contribution in [0, 0.1) is 17.1 Å². The van der Waals surface area contributed by atoms with Crippen molar-refractivity contribution in [3.8, 4) is 28.3 Å². The van der Waals surface area contributed by atoms with Crippen molar-refractivity contribution in [1.29, 1.82) is 5.26 Å². The van der Waals surface area contributed by atoms with Crippen molar-refractivity contribution in [2.75, 3.05) is 4.90 Å². The number of hydrogen-bond donors (Lipinski definition) is 0. The van der Waals surface area contributed by atoms with Gasteiger partial charge in [-0.3, -0.25) is 0 Å². The molecule has 4 heteroatoms. The van der Waals surface area contributed by atoms with Crippen LogP contribution in [-0.4, -0.2) is 0 Å². The summed E-state index contributed by atoms with van der Waals surface area (Å²) in [6.45, 7) is 0. The molecule has 0 bridgehead atoms. The van der Waals surface area contributed by atoms with E-state index in [1.165, 1.54) is 33.9 Å². The first-order valence-electron chi connectivity index (χ1n) is 18.0. The largest absolute Gasteiger partial charge is 0.455 e. The first kappa shape index (κ1) is 31.5. The molecule has 0 aliphatic heterocycles. The molecule has 0 saturated carbocycles. The molecule has 0 atom stereocenters. The highest BCUT2D eigenvalue weighted by Crippen LogP contribution is 2.56. The van der Waals surface area contributed by atoms with Crippen LogP contribution in [0.5, 0.6) is 0 Å². The van der Waals surface area contributed by atoms with Gasteiger partial charge in [-0.1, -0.05) is 140 Å². The number of benzene rings is 8. The van der Waals surface area contributed by atoms with Crippen molar-refractivity contribution in [3.05, 3.63) is 222 Å². The molecule has 0 spiro atoms. The lowest BCUT2D eigenvalue weighted by Gasteiger charge is -2.34. The third-order valence-electron chi connectivity index (χ3n) is 10.9. The molecule has 10 rings (SSSR count). The molecule has 54 heavy (non-hydrogen) atoms. The minimum atomic E-state index is -0.545. The van der Waals surface area contributed by atoms with Crippen molar-refractivity contribution in [1.82, 2.24) is 0 Å². The average Bonchev–Trinajstić information content (AvgIpc) is 3.77. The molecule has 9 aromatic rings. The molecule has 1 aromatic heterocycles. The van der Waals surface area contributed by atoms with Gasteiger partial charge in [-0.05, 0) is 87.5 Å². The Kier molecular flexibility index (Phi) is 7.28. The molecule has 8 aromatic carbocycles. The monoisotopic (exact) mass is 694 g/mol. The third-order valence-corrected chi connectivity index (χ3v) is 10.9. The maximum absolute atomic E-state index is 16.0. The lowest BCUT2D eigenvalue weighted by molar-refractivity contribution is 0.628. The zero-order chi connectivity index (χ0) is 36.2. The van der Waals surface area contributed by atoms with E-state index in [9.17, 15) is 5.26 Å². The molecule has 1 aliphatic rings. The van der Waals surface area contributed by atoms with Crippen LogP contribution in [0.3, 0.4) is 0 Å². The summed E-state index contributed by atoms with van der Waals surface area (Å²) in [5, 5.41) is 11.7. The van der Waals surface area contributed by atoms with Gasteiger partial charge in [0.05, 0.1) is 22.7 Å². The van der Waals surface area contributed by atoms with E-state index >= 15 is 4.39 Å². The Bertz CT molecular complexity index is 2860. The topological polar surface area (TPSA) is 40.2 Å². The van der Waals surface area contributed by atoms with Gasteiger partial charge in [0.2, 0.25) is 0 Å². The second-order valence-corrected chi connectivity index (χ2v) is 13.7. The van der Waals surface area contributed by atoms with E-state index in [-0.39, 0.29) is 5.56 Å². The highest BCUT2D eigenvalue weighted by molar-refractivity contribution is 6.09. The van der Waals surface area contributed by atoms with Crippen LogP contribution in [-0.2, 0) is 5.41 Å². The van der Waals surface area contributed by atoms with E-state index in [4.69, 9.17) is 4.42 Å². The molecular weight excluding hydrogens is 664 g/mol. The number of rotatable bonds is 6. The molecule has 1 aliphatic carbocycles. The fourth-order valence-electron chi connectivity index (χ4n) is 8.52. The quantitative estimate of drug-likeness (QED) is 0.174. The summed E-state index contributed by atoms with van der Waals surface area (Å²) in [4.78, 5) is 1.91. The Hall–Kier alpha value is -7.22. The summed E-state index contributed by atoms with van der Waals surface area (Å²) in [5.74, 6) is -0.478. The Morgan fingerprint density at radius 2 is 1.09 bits per heavy atom. The maximum atomic E-state index is 16.0. The molecule has 254 valence electrons. The minimum Gasteiger partial charge on any atom is -0.455 e. The van der Waals surface area contributed by atoms with Gasteiger partial charge >= 0.3 is 0 Å². The Morgan fingerprint density at radius 1 is 0.519 bits per heavy atom.